The molecule has 1 aliphatic rings. The maximum absolute atomic E-state index is 5.78. The zero-order valence-electron chi connectivity index (χ0n) is 13.8. The van der Waals surface area contributed by atoms with Crippen LogP contribution in [0.1, 0.15) is 13.8 Å². The molecule has 24 heavy (non-hydrogen) atoms. The first-order chi connectivity index (χ1) is 11.7. The molecule has 0 amide bonds. The molecule has 0 spiro atoms. The third kappa shape index (κ3) is 3.20. The van der Waals surface area contributed by atoms with Gasteiger partial charge >= 0.3 is 0 Å². The average molecular weight is 340 g/mol. The normalized spacial score (nSPS) is 21.2. The molecule has 4 rings (SSSR count). The Labute approximate surface area is 145 Å². The number of nitrogens with zero attached hydrogens (tertiary/aromatic N) is 3. The number of pyridine rings is 1. The highest BCUT2D eigenvalue weighted by molar-refractivity contribution is 7.22. The number of benzene rings is 1. The summed E-state index contributed by atoms with van der Waals surface area (Å²) >= 11 is 1.65. The second-order valence-electron chi connectivity index (χ2n) is 6.18. The molecule has 0 saturated carbocycles. The first-order valence-electron chi connectivity index (χ1n) is 8.16. The quantitative estimate of drug-likeness (QED) is 0.779. The Bertz CT molecular complexity index is 789. The number of rotatable bonds is 3. The summed E-state index contributed by atoms with van der Waals surface area (Å²) < 4.78 is 6.96. The van der Waals surface area contributed by atoms with Gasteiger partial charge < -0.3 is 15.0 Å². The van der Waals surface area contributed by atoms with E-state index in [1.807, 2.05) is 24.4 Å². The van der Waals surface area contributed by atoms with Gasteiger partial charge in [-0.1, -0.05) is 23.5 Å². The third-order valence-corrected chi connectivity index (χ3v) is 4.99. The lowest BCUT2D eigenvalue weighted by molar-refractivity contribution is -0.00545. The number of hydrogen-bond acceptors (Lipinski definition) is 6. The molecular formula is C18H20N4OS. The fraction of sp³-hybridized carbons (Fsp3) is 0.333. The SMILES string of the molecule is C[C@@H]1CN(c2ccc(Nc3nc4ccccc4s3)cn2)C[C@@H](C)O1. The number of anilines is 3. The van der Waals surface area contributed by atoms with Crippen molar-refractivity contribution in [3.63, 3.8) is 0 Å². The molecule has 1 aliphatic heterocycles. The average Bonchev–Trinajstić information content (AvgIpc) is 2.97. The Morgan fingerprint density at radius 3 is 2.62 bits per heavy atom. The van der Waals surface area contributed by atoms with Crippen LogP contribution in [0.4, 0.5) is 16.6 Å². The van der Waals surface area contributed by atoms with E-state index in [2.05, 4.69) is 52.2 Å². The highest BCUT2D eigenvalue weighted by Crippen LogP contribution is 2.28. The summed E-state index contributed by atoms with van der Waals surface area (Å²) in [4.78, 5) is 11.5. The van der Waals surface area contributed by atoms with Crippen LogP contribution in [0.15, 0.2) is 42.6 Å². The van der Waals surface area contributed by atoms with Crippen LogP contribution in [0, 0.1) is 0 Å². The van der Waals surface area contributed by atoms with Gasteiger partial charge in [0.15, 0.2) is 5.13 Å². The largest absolute Gasteiger partial charge is 0.372 e. The van der Waals surface area contributed by atoms with Crippen molar-refractivity contribution in [1.82, 2.24) is 9.97 Å². The van der Waals surface area contributed by atoms with Gasteiger partial charge in [0.2, 0.25) is 0 Å². The molecule has 0 bridgehead atoms. The van der Waals surface area contributed by atoms with Gasteiger partial charge in [0.25, 0.3) is 0 Å². The molecule has 1 N–H and O–H groups in total. The van der Waals surface area contributed by atoms with Gasteiger partial charge in [-0.15, -0.1) is 0 Å². The van der Waals surface area contributed by atoms with Crippen molar-refractivity contribution in [2.24, 2.45) is 0 Å². The van der Waals surface area contributed by atoms with Crippen LogP contribution in [0.2, 0.25) is 0 Å². The van der Waals surface area contributed by atoms with Crippen LogP contribution >= 0.6 is 11.3 Å². The first-order valence-corrected chi connectivity index (χ1v) is 8.98. The zero-order valence-corrected chi connectivity index (χ0v) is 14.6. The van der Waals surface area contributed by atoms with Crippen molar-refractivity contribution in [2.75, 3.05) is 23.3 Å². The van der Waals surface area contributed by atoms with Crippen molar-refractivity contribution in [3.8, 4) is 0 Å². The van der Waals surface area contributed by atoms with Gasteiger partial charge in [-0.05, 0) is 38.1 Å². The second-order valence-corrected chi connectivity index (χ2v) is 7.21. The van der Waals surface area contributed by atoms with Gasteiger partial charge in [0.1, 0.15) is 5.82 Å². The summed E-state index contributed by atoms with van der Waals surface area (Å²) in [5.74, 6) is 0.992. The van der Waals surface area contributed by atoms with Gasteiger partial charge in [-0.25, -0.2) is 9.97 Å². The Hall–Kier alpha value is -2.18. The fourth-order valence-electron chi connectivity index (χ4n) is 3.06. The maximum Gasteiger partial charge on any atom is 0.188 e. The Balaban J connectivity index is 1.49. The van der Waals surface area contributed by atoms with Gasteiger partial charge in [-0.3, -0.25) is 0 Å². The Kier molecular flexibility index (Phi) is 4.08. The molecule has 0 unspecified atom stereocenters. The number of aromatic nitrogens is 2. The summed E-state index contributed by atoms with van der Waals surface area (Å²) in [7, 11) is 0. The van der Waals surface area contributed by atoms with E-state index < -0.39 is 0 Å². The molecule has 124 valence electrons. The molecule has 1 fully saturated rings. The van der Waals surface area contributed by atoms with E-state index in [1.165, 1.54) is 4.70 Å². The maximum atomic E-state index is 5.78. The van der Waals surface area contributed by atoms with Gasteiger partial charge in [-0.2, -0.15) is 0 Å². The van der Waals surface area contributed by atoms with Crippen molar-refractivity contribution >= 4 is 38.2 Å². The third-order valence-electron chi connectivity index (χ3n) is 4.04. The molecule has 6 heteroatoms. The van der Waals surface area contributed by atoms with Crippen LogP contribution < -0.4 is 10.2 Å². The van der Waals surface area contributed by atoms with Crippen molar-refractivity contribution < 1.29 is 4.74 Å². The summed E-state index contributed by atoms with van der Waals surface area (Å²) in [5.41, 5.74) is 1.97. The number of nitrogens with one attached hydrogen (secondary N) is 1. The highest BCUT2D eigenvalue weighted by atomic mass is 32.1. The van der Waals surface area contributed by atoms with E-state index in [-0.39, 0.29) is 12.2 Å². The zero-order chi connectivity index (χ0) is 16.5. The van der Waals surface area contributed by atoms with E-state index in [1.54, 1.807) is 11.3 Å². The molecule has 3 aromatic rings. The molecule has 0 radical (unpaired) electrons. The van der Waals surface area contributed by atoms with Crippen LogP contribution in [0.3, 0.4) is 0 Å². The lowest BCUT2D eigenvalue weighted by Crippen LogP contribution is -2.45. The molecular weight excluding hydrogens is 320 g/mol. The van der Waals surface area contributed by atoms with E-state index in [4.69, 9.17) is 4.74 Å². The smallest absolute Gasteiger partial charge is 0.188 e. The second kappa shape index (κ2) is 6.37. The number of morpholine rings is 1. The predicted octanol–water partition coefficient (Wildman–Crippen LogP) is 4.05. The minimum atomic E-state index is 0.232. The summed E-state index contributed by atoms with van der Waals surface area (Å²) in [5, 5.41) is 4.23. The molecule has 1 saturated heterocycles. The van der Waals surface area contributed by atoms with Crippen LogP contribution in [0.5, 0.6) is 0 Å². The summed E-state index contributed by atoms with van der Waals surface area (Å²) in [6, 6.07) is 12.3. The number of hydrogen-bond donors (Lipinski definition) is 1. The van der Waals surface area contributed by atoms with Crippen LogP contribution in [0.25, 0.3) is 10.2 Å². The van der Waals surface area contributed by atoms with Crippen LogP contribution in [-0.4, -0.2) is 35.3 Å². The van der Waals surface area contributed by atoms with E-state index >= 15 is 0 Å². The molecule has 1 aromatic carbocycles. The van der Waals surface area contributed by atoms with Gasteiger partial charge in [0.05, 0.1) is 34.3 Å². The number of para-hydroxylation sites is 1. The number of fused-ring (bicyclic) bond motifs is 1. The minimum Gasteiger partial charge on any atom is -0.372 e. The molecule has 0 aliphatic carbocycles. The fourth-order valence-corrected chi connectivity index (χ4v) is 3.95. The summed E-state index contributed by atoms with van der Waals surface area (Å²) in [6.45, 7) is 5.96. The lowest BCUT2D eigenvalue weighted by atomic mass is 10.2. The molecule has 2 atom stereocenters. The minimum absolute atomic E-state index is 0.232. The monoisotopic (exact) mass is 340 g/mol. The molecule has 3 heterocycles. The lowest BCUT2D eigenvalue weighted by Gasteiger charge is -2.36. The van der Waals surface area contributed by atoms with Crippen molar-refractivity contribution in [1.29, 1.82) is 0 Å². The standard InChI is InChI=1S/C18H20N4OS/c1-12-10-22(11-13(2)23-12)17-8-7-14(9-19-17)20-18-21-15-5-3-4-6-16(15)24-18/h3-9,12-13H,10-11H2,1-2H3,(H,20,21)/t12-,13-/m1/s1. The molecule has 2 aromatic heterocycles. The Morgan fingerprint density at radius 1 is 1.12 bits per heavy atom. The topological polar surface area (TPSA) is 50.3 Å². The first kappa shape index (κ1) is 15.4. The number of ether oxygens (including phenoxy) is 1. The van der Waals surface area contributed by atoms with E-state index in [0.29, 0.717) is 0 Å². The highest BCUT2D eigenvalue weighted by Gasteiger charge is 2.22. The summed E-state index contributed by atoms with van der Waals surface area (Å²) in [6.07, 6.45) is 2.33. The van der Waals surface area contributed by atoms with Crippen molar-refractivity contribution in [3.05, 3.63) is 42.6 Å². The van der Waals surface area contributed by atoms with Crippen molar-refractivity contribution in [2.45, 2.75) is 26.1 Å². The van der Waals surface area contributed by atoms with Gasteiger partial charge in [0, 0.05) is 13.1 Å². The van der Waals surface area contributed by atoms with Crippen LogP contribution in [-0.2, 0) is 4.74 Å². The van der Waals surface area contributed by atoms with E-state index in [0.717, 1.165) is 35.2 Å². The van der Waals surface area contributed by atoms with E-state index in [9.17, 15) is 0 Å². The number of thiazole rings is 1. The molecule has 5 nitrogen and oxygen atoms in total. The Morgan fingerprint density at radius 2 is 1.92 bits per heavy atom. The predicted molar refractivity (Wildman–Crippen MR) is 99.4 cm³/mol.